The average molecular weight is 246 g/mol. The van der Waals surface area contributed by atoms with Gasteiger partial charge >= 0.3 is 5.97 Å². The molecule has 0 rings (SSSR count). The quantitative estimate of drug-likeness (QED) is 0.605. The lowest BCUT2D eigenvalue weighted by atomic mass is 10.1. The SMILES string of the molecule is CCCCCC.CCCCCCC(O)C(=O)O. The molecule has 0 saturated heterocycles. The Balaban J connectivity index is 0. The Morgan fingerprint density at radius 1 is 0.882 bits per heavy atom. The number of aliphatic hydroxyl groups excluding tert-OH is 1. The van der Waals surface area contributed by atoms with Gasteiger partial charge in [0, 0.05) is 0 Å². The van der Waals surface area contributed by atoms with Crippen LogP contribution in [0.5, 0.6) is 0 Å². The number of carboxylic acid groups (broad SMARTS) is 1. The molecule has 104 valence electrons. The van der Waals surface area contributed by atoms with E-state index in [9.17, 15) is 4.79 Å². The Hall–Kier alpha value is -0.570. The maximum Gasteiger partial charge on any atom is 0.332 e. The predicted octanol–water partition coefficient (Wildman–Crippen LogP) is 3.99. The van der Waals surface area contributed by atoms with Gasteiger partial charge in [0.2, 0.25) is 0 Å². The molecular weight excluding hydrogens is 216 g/mol. The maximum absolute atomic E-state index is 10.1. The van der Waals surface area contributed by atoms with Gasteiger partial charge in [-0.3, -0.25) is 0 Å². The Labute approximate surface area is 106 Å². The molecule has 0 amide bonds. The van der Waals surface area contributed by atoms with Crippen LogP contribution >= 0.6 is 0 Å². The minimum absolute atomic E-state index is 0.384. The number of aliphatic hydroxyl groups is 1. The molecule has 3 nitrogen and oxygen atoms in total. The van der Waals surface area contributed by atoms with Crippen LogP contribution < -0.4 is 0 Å². The summed E-state index contributed by atoms with van der Waals surface area (Å²) in [5, 5.41) is 17.1. The summed E-state index contributed by atoms with van der Waals surface area (Å²) in [7, 11) is 0. The van der Waals surface area contributed by atoms with Crippen molar-refractivity contribution < 1.29 is 15.0 Å². The van der Waals surface area contributed by atoms with Crippen molar-refractivity contribution >= 4 is 5.97 Å². The summed E-state index contributed by atoms with van der Waals surface area (Å²) in [6, 6.07) is 0. The Morgan fingerprint density at radius 2 is 1.29 bits per heavy atom. The van der Waals surface area contributed by atoms with E-state index in [1.54, 1.807) is 0 Å². The van der Waals surface area contributed by atoms with Crippen molar-refractivity contribution in [3.8, 4) is 0 Å². The number of aliphatic carboxylic acids is 1. The van der Waals surface area contributed by atoms with E-state index in [0.717, 1.165) is 25.7 Å². The van der Waals surface area contributed by atoms with Gasteiger partial charge in [0.15, 0.2) is 6.10 Å². The van der Waals surface area contributed by atoms with E-state index >= 15 is 0 Å². The van der Waals surface area contributed by atoms with Crippen molar-refractivity contribution in [2.24, 2.45) is 0 Å². The van der Waals surface area contributed by atoms with E-state index in [4.69, 9.17) is 10.2 Å². The first kappa shape index (κ1) is 18.8. The van der Waals surface area contributed by atoms with Crippen LogP contribution in [0.1, 0.15) is 78.6 Å². The van der Waals surface area contributed by atoms with Crippen LogP contribution in [0.15, 0.2) is 0 Å². The molecule has 0 fully saturated rings. The first-order valence-electron chi connectivity index (χ1n) is 7.00. The third kappa shape index (κ3) is 18.0. The maximum atomic E-state index is 10.1. The average Bonchev–Trinajstić information content (AvgIpc) is 2.32. The van der Waals surface area contributed by atoms with E-state index in [-0.39, 0.29) is 0 Å². The lowest BCUT2D eigenvalue weighted by Crippen LogP contribution is -2.18. The molecule has 0 aliphatic rings. The topological polar surface area (TPSA) is 57.5 Å². The highest BCUT2D eigenvalue weighted by Crippen LogP contribution is 2.05. The van der Waals surface area contributed by atoms with Crippen molar-refractivity contribution in [3.05, 3.63) is 0 Å². The van der Waals surface area contributed by atoms with Gasteiger partial charge in [0.25, 0.3) is 0 Å². The second kappa shape index (κ2) is 15.4. The van der Waals surface area contributed by atoms with E-state index in [2.05, 4.69) is 20.8 Å². The smallest absolute Gasteiger partial charge is 0.332 e. The molecule has 0 radical (unpaired) electrons. The van der Waals surface area contributed by atoms with Crippen LogP contribution in [0, 0.1) is 0 Å². The first-order valence-corrected chi connectivity index (χ1v) is 7.00. The first-order chi connectivity index (χ1) is 8.09. The number of carbonyl (C=O) groups is 1. The van der Waals surface area contributed by atoms with Crippen LogP contribution in [0.2, 0.25) is 0 Å². The van der Waals surface area contributed by atoms with Gasteiger partial charge in [-0.2, -0.15) is 0 Å². The van der Waals surface area contributed by atoms with Gasteiger partial charge in [-0.1, -0.05) is 72.1 Å². The summed E-state index contributed by atoms with van der Waals surface area (Å²) in [6.45, 7) is 6.55. The second-order valence-electron chi connectivity index (χ2n) is 4.41. The van der Waals surface area contributed by atoms with E-state index in [1.165, 1.54) is 25.7 Å². The molecule has 0 aliphatic carbocycles. The van der Waals surface area contributed by atoms with E-state index in [1.807, 2.05) is 0 Å². The number of carboxylic acids is 1. The summed E-state index contributed by atoms with van der Waals surface area (Å²) in [4.78, 5) is 10.1. The Kier molecular flexibility index (Phi) is 17.1. The third-order valence-electron chi connectivity index (χ3n) is 2.57. The molecular formula is C14H30O3. The summed E-state index contributed by atoms with van der Waals surface area (Å²) in [5.41, 5.74) is 0. The van der Waals surface area contributed by atoms with Crippen LogP contribution in [-0.4, -0.2) is 22.3 Å². The normalized spacial score (nSPS) is 11.5. The minimum atomic E-state index is -1.16. The fraction of sp³-hybridized carbons (Fsp3) is 0.929. The van der Waals surface area contributed by atoms with Crippen molar-refractivity contribution in [2.45, 2.75) is 84.7 Å². The van der Waals surface area contributed by atoms with Gasteiger partial charge in [-0.25, -0.2) is 4.79 Å². The molecule has 0 bridgehead atoms. The molecule has 0 spiro atoms. The fourth-order valence-corrected chi connectivity index (χ4v) is 1.39. The largest absolute Gasteiger partial charge is 0.479 e. The summed E-state index contributed by atoms with van der Waals surface area (Å²) in [5.74, 6) is -1.11. The van der Waals surface area contributed by atoms with Crippen molar-refractivity contribution in [1.29, 1.82) is 0 Å². The zero-order valence-corrected chi connectivity index (χ0v) is 11.7. The summed E-state index contributed by atoms with van der Waals surface area (Å²) < 4.78 is 0. The van der Waals surface area contributed by atoms with Crippen molar-refractivity contribution in [1.82, 2.24) is 0 Å². The van der Waals surface area contributed by atoms with Crippen LogP contribution in [0.25, 0.3) is 0 Å². The number of rotatable bonds is 9. The third-order valence-corrected chi connectivity index (χ3v) is 2.57. The minimum Gasteiger partial charge on any atom is -0.479 e. The highest BCUT2D eigenvalue weighted by Gasteiger charge is 2.11. The van der Waals surface area contributed by atoms with Crippen LogP contribution in [-0.2, 0) is 4.79 Å². The fourth-order valence-electron chi connectivity index (χ4n) is 1.39. The molecule has 3 heteroatoms. The van der Waals surface area contributed by atoms with E-state index < -0.39 is 12.1 Å². The summed E-state index contributed by atoms with van der Waals surface area (Å²) in [6.07, 6.45) is 8.83. The molecule has 0 aromatic carbocycles. The lowest BCUT2D eigenvalue weighted by molar-refractivity contribution is -0.146. The molecule has 0 saturated carbocycles. The lowest BCUT2D eigenvalue weighted by Gasteiger charge is -2.03. The molecule has 0 heterocycles. The molecule has 2 N–H and O–H groups in total. The monoisotopic (exact) mass is 246 g/mol. The van der Waals surface area contributed by atoms with E-state index in [0.29, 0.717) is 6.42 Å². The van der Waals surface area contributed by atoms with Gasteiger partial charge in [0.1, 0.15) is 0 Å². The summed E-state index contributed by atoms with van der Waals surface area (Å²) >= 11 is 0. The second-order valence-corrected chi connectivity index (χ2v) is 4.41. The standard InChI is InChI=1S/C8H16O3.C6H14/c1-2-3-4-5-6-7(9)8(10)11;1-3-5-6-4-2/h7,9H,2-6H2,1H3,(H,10,11);3-6H2,1-2H3. The highest BCUT2D eigenvalue weighted by molar-refractivity contribution is 5.71. The van der Waals surface area contributed by atoms with Crippen molar-refractivity contribution in [2.75, 3.05) is 0 Å². The van der Waals surface area contributed by atoms with Gasteiger partial charge < -0.3 is 10.2 Å². The van der Waals surface area contributed by atoms with Gasteiger partial charge in [-0.05, 0) is 6.42 Å². The number of hydrogen-bond donors (Lipinski definition) is 2. The molecule has 17 heavy (non-hydrogen) atoms. The molecule has 1 unspecified atom stereocenters. The van der Waals surface area contributed by atoms with Crippen LogP contribution in [0.4, 0.5) is 0 Å². The highest BCUT2D eigenvalue weighted by atomic mass is 16.4. The van der Waals surface area contributed by atoms with Gasteiger partial charge in [0.05, 0.1) is 0 Å². The number of unbranched alkanes of at least 4 members (excludes halogenated alkanes) is 6. The van der Waals surface area contributed by atoms with Crippen LogP contribution in [0.3, 0.4) is 0 Å². The van der Waals surface area contributed by atoms with Crippen molar-refractivity contribution in [3.63, 3.8) is 0 Å². The Bertz CT molecular complexity index is 154. The molecule has 0 aliphatic heterocycles. The van der Waals surface area contributed by atoms with Gasteiger partial charge in [-0.15, -0.1) is 0 Å². The molecule has 1 atom stereocenters. The molecule has 0 aromatic rings. The zero-order valence-electron chi connectivity index (χ0n) is 11.7. The zero-order chi connectivity index (χ0) is 13.5. The molecule has 0 aromatic heterocycles. The predicted molar refractivity (Wildman–Crippen MR) is 72.2 cm³/mol. The number of hydrogen-bond acceptors (Lipinski definition) is 2. The Morgan fingerprint density at radius 3 is 1.65 bits per heavy atom.